The van der Waals surface area contributed by atoms with Crippen LogP contribution in [0.25, 0.3) is 0 Å². The van der Waals surface area contributed by atoms with E-state index in [9.17, 15) is 18.0 Å². The molecule has 3 N–H and O–H groups in total. The van der Waals surface area contributed by atoms with Crippen molar-refractivity contribution in [2.75, 3.05) is 25.2 Å². The standard InChI is InChI=1S/C21H23N3O6S/c1-13-10-15(2-5-19(13)31(22,27)28)21(26)24-8-6-14(7-9-24)20(25)23-16-3-4-17-18(11-16)30-12-29-17/h2-5,10-11,14H,6-9,12H2,1H3,(H,23,25)(H2,22,27,28). The van der Waals surface area contributed by atoms with E-state index >= 15 is 0 Å². The fourth-order valence-corrected chi connectivity index (χ4v) is 4.61. The van der Waals surface area contributed by atoms with Gasteiger partial charge in [0.25, 0.3) is 5.91 Å². The van der Waals surface area contributed by atoms with E-state index in [1.165, 1.54) is 18.2 Å². The second-order valence-electron chi connectivity index (χ2n) is 7.65. The van der Waals surface area contributed by atoms with Gasteiger partial charge in [-0.05, 0) is 55.7 Å². The minimum atomic E-state index is -3.83. The number of fused-ring (bicyclic) bond motifs is 1. The van der Waals surface area contributed by atoms with Gasteiger partial charge in [-0.15, -0.1) is 0 Å². The number of likely N-dealkylation sites (tertiary alicyclic amines) is 1. The molecule has 0 saturated carbocycles. The third-order valence-corrected chi connectivity index (χ3v) is 6.59. The quantitative estimate of drug-likeness (QED) is 0.739. The highest BCUT2D eigenvalue weighted by molar-refractivity contribution is 7.89. The fraction of sp³-hybridized carbons (Fsp3) is 0.333. The molecule has 0 spiro atoms. The van der Waals surface area contributed by atoms with Crippen molar-refractivity contribution in [3.63, 3.8) is 0 Å². The van der Waals surface area contributed by atoms with Crippen LogP contribution >= 0.6 is 0 Å². The number of hydrogen-bond donors (Lipinski definition) is 2. The predicted molar refractivity (Wildman–Crippen MR) is 112 cm³/mol. The summed E-state index contributed by atoms with van der Waals surface area (Å²) in [5, 5.41) is 8.08. The first kappa shape index (κ1) is 21.1. The van der Waals surface area contributed by atoms with E-state index in [1.807, 2.05) is 0 Å². The number of primary sulfonamides is 1. The highest BCUT2D eigenvalue weighted by Crippen LogP contribution is 2.34. The van der Waals surface area contributed by atoms with Crippen molar-refractivity contribution in [3.05, 3.63) is 47.5 Å². The van der Waals surface area contributed by atoms with Crippen LogP contribution in [0.1, 0.15) is 28.8 Å². The number of hydrogen-bond acceptors (Lipinski definition) is 6. The van der Waals surface area contributed by atoms with Crippen molar-refractivity contribution in [2.45, 2.75) is 24.7 Å². The number of nitrogens with zero attached hydrogens (tertiary/aromatic N) is 1. The Kier molecular flexibility index (Phi) is 5.59. The van der Waals surface area contributed by atoms with E-state index < -0.39 is 10.0 Å². The number of aryl methyl sites for hydroxylation is 1. The second kappa shape index (κ2) is 8.20. The van der Waals surface area contributed by atoms with Crippen LogP contribution in [-0.2, 0) is 14.8 Å². The molecule has 164 valence electrons. The highest BCUT2D eigenvalue weighted by Gasteiger charge is 2.28. The molecular weight excluding hydrogens is 422 g/mol. The van der Waals surface area contributed by atoms with Gasteiger partial charge in [-0.1, -0.05) is 0 Å². The molecular formula is C21H23N3O6S. The summed E-state index contributed by atoms with van der Waals surface area (Å²) >= 11 is 0. The Morgan fingerprint density at radius 2 is 1.77 bits per heavy atom. The van der Waals surface area contributed by atoms with Gasteiger partial charge in [-0.25, -0.2) is 13.6 Å². The lowest BCUT2D eigenvalue weighted by Gasteiger charge is -2.31. The van der Waals surface area contributed by atoms with Crippen molar-refractivity contribution in [2.24, 2.45) is 11.1 Å². The topological polar surface area (TPSA) is 128 Å². The maximum atomic E-state index is 12.8. The van der Waals surface area contributed by atoms with Crippen LogP contribution in [0.4, 0.5) is 5.69 Å². The van der Waals surface area contributed by atoms with Crippen LogP contribution in [-0.4, -0.2) is 45.0 Å². The number of ether oxygens (including phenoxy) is 2. The van der Waals surface area contributed by atoms with Crippen molar-refractivity contribution in [3.8, 4) is 11.5 Å². The molecule has 0 bridgehead atoms. The number of amides is 2. The summed E-state index contributed by atoms with van der Waals surface area (Å²) in [4.78, 5) is 27.1. The Morgan fingerprint density at radius 1 is 1.06 bits per heavy atom. The van der Waals surface area contributed by atoms with Crippen LogP contribution < -0.4 is 19.9 Å². The summed E-state index contributed by atoms with van der Waals surface area (Å²) in [6.07, 6.45) is 1.08. The third-order valence-electron chi connectivity index (χ3n) is 5.52. The van der Waals surface area contributed by atoms with Gasteiger partial charge in [0.1, 0.15) is 0 Å². The van der Waals surface area contributed by atoms with Gasteiger partial charge in [0.05, 0.1) is 4.90 Å². The first-order valence-corrected chi connectivity index (χ1v) is 11.4. The molecule has 2 heterocycles. The largest absolute Gasteiger partial charge is 0.454 e. The molecule has 2 aliphatic rings. The molecule has 2 aliphatic heterocycles. The Labute approximate surface area is 180 Å². The van der Waals surface area contributed by atoms with E-state index in [4.69, 9.17) is 14.6 Å². The number of rotatable bonds is 4. The van der Waals surface area contributed by atoms with Crippen molar-refractivity contribution < 1.29 is 27.5 Å². The van der Waals surface area contributed by atoms with Gasteiger partial charge in [-0.3, -0.25) is 9.59 Å². The number of carbonyl (C=O) groups excluding carboxylic acids is 2. The summed E-state index contributed by atoms with van der Waals surface area (Å²) in [7, 11) is -3.83. The molecule has 0 aromatic heterocycles. The number of piperidine rings is 1. The van der Waals surface area contributed by atoms with Gasteiger partial charge in [-0.2, -0.15) is 0 Å². The van der Waals surface area contributed by atoms with Gasteiger partial charge in [0.2, 0.25) is 22.7 Å². The van der Waals surface area contributed by atoms with E-state index in [-0.39, 0.29) is 29.4 Å². The maximum absolute atomic E-state index is 12.8. The lowest BCUT2D eigenvalue weighted by molar-refractivity contribution is -0.121. The van der Waals surface area contributed by atoms with Crippen LogP contribution in [0.5, 0.6) is 11.5 Å². The molecule has 2 amide bonds. The monoisotopic (exact) mass is 445 g/mol. The lowest BCUT2D eigenvalue weighted by atomic mass is 9.95. The Bertz CT molecular complexity index is 1140. The van der Waals surface area contributed by atoms with Crippen LogP contribution in [0, 0.1) is 12.8 Å². The van der Waals surface area contributed by atoms with E-state index in [2.05, 4.69) is 5.32 Å². The molecule has 0 radical (unpaired) electrons. The van der Waals surface area contributed by atoms with Crippen molar-refractivity contribution in [1.82, 2.24) is 4.90 Å². The lowest BCUT2D eigenvalue weighted by Crippen LogP contribution is -2.41. The first-order chi connectivity index (χ1) is 14.7. The molecule has 10 heteroatoms. The average molecular weight is 445 g/mol. The minimum absolute atomic E-state index is 0.00273. The van der Waals surface area contributed by atoms with E-state index in [0.717, 1.165) is 0 Å². The molecule has 2 aromatic carbocycles. The summed E-state index contributed by atoms with van der Waals surface area (Å²) in [5.41, 5.74) is 1.46. The fourth-order valence-electron chi connectivity index (χ4n) is 3.85. The Morgan fingerprint density at radius 3 is 2.45 bits per heavy atom. The third kappa shape index (κ3) is 4.49. The van der Waals surface area contributed by atoms with Gasteiger partial charge < -0.3 is 19.7 Å². The molecule has 2 aromatic rings. The van der Waals surface area contributed by atoms with Gasteiger partial charge in [0, 0.05) is 36.3 Å². The molecule has 0 unspecified atom stereocenters. The van der Waals surface area contributed by atoms with Crippen molar-refractivity contribution >= 4 is 27.5 Å². The maximum Gasteiger partial charge on any atom is 0.253 e. The van der Waals surface area contributed by atoms with Gasteiger partial charge >= 0.3 is 0 Å². The zero-order valence-electron chi connectivity index (χ0n) is 17.0. The number of benzene rings is 2. The zero-order chi connectivity index (χ0) is 22.2. The summed E-state index contributed by atoms with van der Waals surface area (Å²) in [5.74, 6) is 0.748. The van der Waals surface area contributed by atoms with Crippen LogP contribution in [0.2, 0.25) is 0 Å². The molecule has 9 nitrogen and oxygen atoms in total. The number of carbonyl (C=O) groups is 2. The number of nitrogens with two attached hydrogens (primary N) is 1. The molecule has 1 fully saturated rings. The van der Waals surface area contributed by atoms with Crippen molar-refractivity contribution in [1.29, 1.82) is 0 Å². The number of sulfonamides is 1. The van der Waals surface area contributed by atoms with Crippen LogP contribution in [0.15, 0.2) is 41.3 Å². The molecule has 0 atom stereocenters. The number of anilines is 1. The predicted octanol–water partition coefficient (Wildman–Crippen LogP) is 1.86. The van der Waals surface area contributed by atoms with Gasteiger partial charge in [0.15, 0.2) is 11.5 Å². The number of nitrogens with one attached hydrogen (secondary N) is 1. The minimum Gasteiger partial charge on any atom is -0.454 e. The summed E-state index contributed by atoms with van der Waals surface area (Å²) in [6.45, 7) is 2.65. The SMILES string of the molecule is Cc1cc(C(=O)N2CCC(C(=O)Nc3ccc4c(c3)OCO4)CC2)ccc1S(N)(=O)=O. The first-order valence-electron chi connectivity index (χ1n) is 9.85. The normalized spacial score (nSPS) is 16.3. The molecule has 0 aliphatic carbocycles. The van der Waals surface area contributed by atoms with E-state index in [0.29, 0.717) is 54.2 Å². The zero-order valence-corrected chi connectivity index (χ0v) is 17.8. The summed E-state index contributed by atoms with van der Waals surface area (Å²) in [6, 6.07) is 9.59. The van der Waals surface area contributed by atoms with E-state index in [1.54, 1.807) is 30.0 Å². The Balaban J connectivity index is 1.35. The highest BCUT2D eigenvalue weighted by atomic mass is 32.2. The average Bonchev–Trinajstić information content (AvgIpc) is 3.20. The smallest absolute Gasteiger partial charge is 0.253 e. The summed E-state index contributed by atoms with van der Waals surface area (Å²) < 4.78 is 33.7. The molecule has 1 saturated heterocycles. The van der Waals surface area contributed by atoms with Crippen LogP contribution in [0.3, 0.4) is 0 Å². The Hall–Kier alpha value is -3.11. The second-order valence-corrected chi connectivity index (χ2v) is 9.18. The molecule has 31 heavy (non-hydrogen) atoms. The molecule has 4 rings (SSSR count).